The fourth-order valence-electron chi connectivity index (χ4n) is 1.52. The minimum absolute atomic E-state index is 0.327. The third-order valence-corrected chi connectivity index (χ3v) is 2.15. The van der Waals surface area contributed by atoms with Crippen LogP contribution in [0.4, 0.5) is 4.79 Å². The second-order valence-corrected chi connectivity index (χ2v) is 5.05. The molecule has 1 amide bonds. The fraction of sp³-hybridized carbons (Fsp3) is 0.727. The molecule has 1 fully saturated rings. The van der Waals surface area contributed by atoms with Gasteiger partial charge in [-0.15, -0.1) is 6.58 Å². The molecule has 1 aliphatic heterocycles. The van der Waals surface area contributed by atoms with E-state index in [1.165, 1.54) is 4.90 Å². The van der Waals surface area contributed by atoms with E-state index in [9.17, 15) is 9.90 Å². The third kappa shape index (κ3) is 3.23. The van der Waals surface area contributed by atoms with E-state index in [1.54, 1.807) is 6.08 Å². The number of amides is 1. The molecular formula is C11H19NO3. The molecule has 0 radical (unpaired) electrons. The molecule has 0 unspecified atom stereocenters. The van der Waals surface area contributed by atoms with Crippen LogP contribution in [0.25, 0.3) is 0 Å². The average molecular weight is 213 g/mol. The second kappa shape index (κ2) is 3.85. The zero-order chi connectivity index (χ0) is 11.7. The Bertz CT molecular complexity index is 261. The van der Waals surface area contributed by atoms with Crippen molar-refractivity contribution in [1.29, 1.82) is 0 Å². The minimum Gasteiger partial charge on any atom is -0.444 e. The van der Waals surface area contributed by atoms with Crippen molar-refractivity contribution in [3.63, 3.8) is 0 Å². The summed E-state index contributed by atoms with van der Waals surface area (Å²) in [5, 5.41) is 9.81. The van der Waals surface area contributed by atoms with Crippen LogP contribution in [0.15, 0.2) is 12.7 Å². The molecule has 1 rings (SSSR count). The maximum atomic E-state index is 11.5. The Morgan fingerprint density at radius 3 is 2.53 bits per heavy atom. The quantitative estimate of drug-likeness (QED) is 0.708. The zero-order valence-corrected chi connectivity index (χ0v) is 9.62. The predicted molar refractivity (Wildman–Crippen MR) is 57.6 cm³/mol. The maximum Gasteiger partial charge on any atom is 0.410 e. The van der Waals surface area contributed by atoms with Crippen LogP contribution in [0.5, 0.6) is 0 Å². The van der Waals surface area contributed by atoms with Gasteiger partial charge in [-0.25, -0.2) is 4.79 Å². The molecule has 0 atom stereocenters. The topological polar surface area (TPSA) is 49.8 Å². The first-order valence-electron chi connectivity index (χ1n) is 5.07. The van der Waals surface area contributed by atoms with Crippen molar-refractivity contribution in [3.05, 3.63) is 12.7 Å². The summed E-state index contributed by atoms with van der Waals surface area (Å²) in [6, 6.07) is 0. The summed E-state index contributed by atoms with van der Waals surface area (Å²) in [4.78, 5) is 13.0. The molecule has 1 saturated heterocycles. The van der Waals surface area contributed by atoms with Crippen LogP contribution in [-0.4, -0.2) is 40.4 Å². The van der Waals surface area contributed by atoms with E-state index in [0.717, 1.165) is 0 Å². The first kappa shape index (κ1) is 12.0. The van der Waals surface area contributed by atoms with Gasteiger partial charge in [0.25, 0.3) is 0 Å². The molecule has 0 aromatic heterocycles. The van der Waals surface area contributed by atoms with Crippen molar-refractivity contribution in [2.45, 2.75) is 38.4 Å². The van der Waals surface area contributed by atoms with Crippen LogP contribution >= 0.6 is 0 Å². The molecule has 0 bridgehead atoms. The van der Waals surface area contributed by atoms with Gasteiger partial charge in [-0.3, -0.25) is 0 Å². The highest BCUT2D eigenvalue weighted by molar-refractivity contribution is 5.69. The van der Waals surface area contributed by atoms with E-state index in [-0.39, 0.29) is 6.09 Å². The Labute approximate surface area is 90.5 Å². The van der Waals surface area contributed by atoms with E-state index in [2.05, 4.69) is 6.58 Å². The summed E-state index contributed by atoms with van der Waals surface area (Å²) < 4.78 is 5.16. The summed E-state index contributed by atoms with van der Waals surface area (Å²) >= 11 is 0. The van der Waals surface area contributed by atoms with Gasteiger partial charge in [0.2, 0.25) is 0 Å². The summed E-state index contributed by atoms with van der Waals surface area (Å²) in [7, 11) is 0. The lowest BCUT2D eigenvalue weighted by molar-refractivity contribution is -0.0958. The van der Waals surface area contributed by atoms with Crippen molar-refractivity contribution in [1.82, 2.24) is 4.90 Å². The van der Waals surface area contributed by atoms with Gasteiger partial charge in [0, 0.05) is 0 Å². The van der Waals surface area contributed by atoms with E-state index in [4.69, 9.17) is 4.74 Å². The van der Waals surface area contributed by atoms with Crippen molar-refractivity contribution in [2.75, 3.05) is 13.1 Å². The second-order valence-electron chi connectivity index (χ2n) is 5.05. The lowest BCUT2D eigenvalue weighted by Crippen LogP contribution is -2.63. The molecule has 86 valence electrons. The molecule has 4 nitrogen and oxygen atoms in total. The monoisotopic (exact) mass is 213 g/mol. The zero-order valence-electron chi connectivity index (χ0n) is 9.62. The number of aliphatic hydroxyl groups is 1. The Morgan fingerprint density at radius 1 is 1.60 bits per heavy atom. The van der Waals surface area contributed by atoms with Crippen LogP contribution in [0.1, 0.15) is 27.2 Å². The molecule has 15 heavy (non-hydrogen) atoms. The predicted octanol–water partition coefficient (Wildman–Crippen LogP) is 1.54. The first-order chi connectivity index (χ1) is 6.76. The average Bonchev–Trinajstić information content (AvgIpc) is 1.96. The van der Waals surface area contributed by atoms with Crippen LogP contribution < -0.4 is 0 Å². The van der Waals surface area contributed by atoms with E-state index < -0.39 is 11.2 Å². The number of hydrogen-bond acceptors (Lipinski definition) is 3. The fourth-order valence-corrected chi connectivity index (χ4v) is 1.52. The van der Waals surface area contributed by atoms with Crippen LogP contribution in [0.3, 0.4) is 0 Å². The number of rotatable bonds is 2. The molecule has 0 aromatic carbocycles. The number of β-amino-alcohol motifs (C(OH)–C–C–N with tert-alkyl or cyclic N) is 1. The van der Waals surface area contributed by atoms with E-state index in [0.29, 0.717) is 19.5 Å². The van der Waals surface area contributed by atoms with Crippen LogP contribution in [0.2, 0.25) is 0 Å². The Balaban J connectivity index is 2.38. The molecular weight excluding hydrogens is 194 g/mol. The van der Waals surface area contributed by atoms with Gasteiger partial charge in [-0.05, 0) is 27.2 Å². The Kier molecular flexibility index (Phi) is 3.09. The Morgan fingerprint density at radius 2 is 2.13 bits per heavy atom. The minimum atomic E-state index is -0.793. The van der Waals surface area contributed by atoms with E-state index in [1.807, 2.05) is 20.8 Å². The van der Waals surface area contributed by atoms with E-state index >= 15 is 0 Å². The molecule has 1 heterocycles. The number of nitrogens with zero attached hydrogens (tertiary/aromatic N) is 1. The number of carbonyl (C=O) groups is 1. The SMILES string of the molecule is C=CCC1(O)CN(C(=O)OC(C)(C)C)C1. The molecule has 0 aromatic rings. The van der Waals surface area contributed by atoms with Crippen molar-refractivity contribution in [3.8, 4) is 0 Å². The highest BCUT2D eigenvalue weighted by atomic mass is 16.6. The largest absolute Gasteiger partial charge is 0.444 e. The molecule has 1 aliphatic rings. The molecule has 4 heteroatoms. The maximum absolute atomic E-state index is 11.5. The van der Waals surface area contributed by atoms with Crippen LogP contribution in [0, 0.1) is 0 Å². The number of ether oxygens (including phenoxy) is 1. The summed E-state index contributed by atoms with van der Waals surface area (Å²) in [6.45, 7) is 9.68. The first-order valence-corrected chi connectivity index (χ1v) is 5.07. The normalized spacial score (nSPS) is 19.3. The van der Waals surface area contributed by atoms with Crippen molar-refractivity contribution < 1.29 is 14.6 Å². The third-order valence-electron chi connectivity index (χ3n) is 2.15. The standard InChI is InChI=1S/C11H19NO3/c1-5-6-11(14)7-12(8-11)9(13)15-10(2,3)4/h5,14H,1,6-8H2,2-4H3. The highest BCUT2D eigenvalue weighted by Crippen LogP contribution is 2.26. The molecule has 0 spiro atoms. The van der Waals surface area contributed by atoms with Gasteiger partial charge in [0.05, 0.1) is 13.1 Å². The highest BCUT2D eigenvalue weighted by Gasteiger charge is 2.44. The summed E-state index contributed by atoms with van der Waals surface area (Å²) in [6.07, 6.45) is 1.80. The lowest BCUT2D eigenvalue weighted by atomic mass is 9.91. The summed E-state index contributed by atoms with van der Waals surface area (Å²) in [5.41, 5.74) is -1.28. The van der Waals surface area contributed by atoms with Gasteiger partial charge in [0.1, 0.15) is 11.2 Å². The van der Waals surface area contributed by atoms with Crippen LogP contribution in [-0.2, 0) is 4.74 Å². The van der Waals surface area contributed by atoms with Crippen molar-refractivity contribution in [2.24, 2.45) is 0 Å². The number of carbonyl (C=O) groups excluding carboxylic acids is 1. The molecule has 0 saturated carbocycles. The summed E-state index contributed by atoms with van der Waals surface area (Å²) in [5.74, 6) is 0. The number of hydrogen-bond donors (Lipinski definition) is 1. The number of likely N-dealkylation sites (tertiary alicyclic amines) is 1. The molecule has 1 N–H and O–H groups in total. The molecule has 0 aliphatic carbocycles. The smallest absolute Gasteiger partial charge is 0.410 e. The van der Waals surface area contributed by atoms with Gasteiger partial charge in [-0.2, -0.15) is 0 Å². The van der Waals surface area contributed by atoms with Gasteiger partial charge < -0.3 is 14.7 Å². The lowest BCUT2D eigenvalue weighted by Gasteiger charge is -2.45. The van der Waals surface area contributed by atoms with Gasteiger partial charge >= 0.3 is 6.09 Å². The van der Waals surface area contributed by atoms with Gasteiger partial charge in [-0.1, -0.05) is 6.08 Å². The van der Waals surface area contributed by atoms with Crippen molar-refractivity contribution >= 4 is 6.09 Å². The Hall–Kier alpha value is -1.03. The van der Waals surface area contributed by atoms with Gasteiger partial charge in [0.15, 0.2) is 0 Å².